The van der Waals surface area contributed by atoms with Crippen molar-refractivity contribution in [3.05, 3.63) is 71.5 Å². The highest BCUT2D eigenvalue weighted by Crippen LogP contribution is 2.29. The third-order valence-electron chi connectivity index (χ3n) is 6.38. The Morgan fingerprint density at radius 3 is 2.44 bits per heavy atom. The van der Waals surface area contributed by atoms with Crippen molar-refractivity contribution in [3.8, 4) is 0 Å². The summed E-state index contributed by atoms with van der Waals surface area (Å²) in [6.07, 6.45) is 0.684. The molecule has 180 valence electrons. The number of likely N-dealkylation sites (N-methyl/N-ethyl adjacent to an activating group) is 1. The van der Waals surface area contributed by atoms with Crippen LogP contribution in [0.3, 0.4) is 0 Å². The molecule has 2 aliphatic rings. The van der Waals surface area contributed by atoms with Gasteiger partial charge in [0.2, 0.25) is 5.91 Å². The first-order valence-corrected chi connectivity index (χ1v) is 11.6. The van der Waals surface area contributed by atoms with E-state index in [1.807, 2.05) is 49.2 Å². The molecule has 0 spiro atoms. The fourth-order valence-corrected chi connectivity index (χ4v) is 4.71. The lowest BCUT2D eigenvalue weighted by Crippen LogP contribution is -2.67. The Kier molecular flexibility index (Phi) is 7.23. The summed E-state index contributed by atoms with van der Waals surface area (Å²) in [6.45, 7) is 4.71. The van der Waals surface area contributed by atoms with Gasteiger partial charge < -0.3 is 10.2 Å². The molecule has 0 saturated carbocycles. The van der Waals surface area contributed by atoms with Gasteiger partial charge in [-0.1, -0.05) is 49.4 Å². The summed E-state index contributed by atoms with van der Waals surface area (Å²) >= 11 is 0. The van der Waals surface area contributed by atoms with E-state index in [9.17, 15) is 18.8 Å². The first-order chi connectivity index (χ1) is 16.4. The van der Waals surface area contributed by atoms with E-state index < -0.39 is 18.1 Å². The van der Waals surface area contributed by atoms with Gasteiger partial charge in [-0.05, 0) is 36.6 Å². The van der Waals surface area contributed by atoms with Gasteiger partial charge in [0.15, 0.2) is 0 Å². The van der Waals surface area contributed by atoms with Crippen molar-refractivity contribution < 1.29 is 18.8 Å². The van der Waals surface area contributed by atoms with E-state index >= 15 is 0 Å². The molecule has 0 aromatic heterocycles. The number of nitrogens with zero attached hydrogens (tertiary/aromatic N) is 3. The zero-order valence-corrected chi connectivity index (χ0v) is 19.4. The lowest BCUT2D eigenvalue weighted by molar-refractivity contribution is -0.140. The first-order valence-electron chi connectivity index (χ1n) is 11.6. The fraction of sp³-hybridized carbons (Fsp3) is 0.400. The topological polar surface area (TPSA) is 85.0 Å². The third-order valence-corrected chi connectivity index (χ3v) is 6.38. The molecule has 2 saturated heterocycles. The Bertz CT molecular complexity index is 1030. The van der Waals surface area contributed by atoms with Crippen LogP contribution < -0.4 is 10.7 Å². The minimum absolute atomic E-state index is 0.0131. The highest BCUT2D eigenvalue weighted by Gasteiger charge is 2.54. The van der Waals surface area contributed by atoms with E-state index in [2.05, 4.69) is 10.7 Å². The summed E-state index contributed by atoms with van der Waals surface area (Å²) in [5.74, 6) is -0.986. The highest BCUT2D eigenvalue weighted by molar-refractivity contribution is 6.02. The maximum atomic E-state index is 13.5. The van der Waals surface area contributed by atoms with E-state index in [0.29, 0.717) is 25.1 Å². The predicted molar refractivity (Wildman–Crippen MR) is 125 cm³/mol. The van der Waals surface area contributed by atoms with Gasteiger partial charge >= 0.3 is 6.03 Å². The molecule has 2 aromatic carbocycles. The largest absolute Gasteiger partial charge is 0.354 e. The summed E-state index contributed by atoms with van der Waals surface area (Å²) in [5.41, 5.74) is 5.01. The van der Waals surface area contributed by atoms with Gasteiger partial charge in [-0.2, -0.15) is 0 Å². The highest BCUT2D eigenvalue weighted by atomic mass is 19.1. The molecule has 34 heavy (non-hydrogen) atoms. The zero-order chi connectivity index (χ0) is 24.2. The number of urea groups is 1. The van der Waals surface area contributed by atoms with Crippen molar-refractivity contribution in [3.63, 3.8) is 0 Å². The number of hydrazine groups is 1. The zero-order valence-electron chi connectivity index (χ0n) is 19.4. The summed E-state index contributed by atoms with van der Waals surface area (Å²) in [5, 5.41) is 4.71. The predicted octanol–water partition coefficient (Wildman–Crippen LogP) is 1.91. The van der Waals surface area contributed by atoms with Crippen LogP contribution in [0.1, 0.15) is 25.0 Å². The van der Waals surface area contributed by atoms with Crippen LogP contribution in [-0.4, -0.2) is 70.4 Å². The number of carbonyl (C=O) groups is 3. The third kappa shape index (κ3) is 4.95. The molecule has 4 rings (SSSR count). The Morgan fingerprint density at radius 1 is 1.06 bits per heavy atom. The van der Waals surface area contributed by atoms with E-state index in [-0.39, 0.29) is 36.8 Å². The molecule has 0 bridgehead atoms. The van der Waals surface area contributed by atoms with Crippen molar-refractivity contribution in [2.45, 2.75) is 44.9 Å². The second-order valence-electron chi connectivity index (χ2n) is 8.69. The van der Waals surface area contributed by atoms with Gasteiger partial charge in [0.25, 0.3) is 5.91 Å². The molecule has 4 amide bonds. The van der Waals surface area contributed by atoms with Gasteiger partial charge in [0, 0.05) is 19.1 Å². The molecule has 3 atom stereocenters. The van der Waals surface area contributed by atoms with Crippen LogP contribution in [0, 0.1) is 5.82 Å². The number of carbonyl (C=O) groups excluding carboxylic acids is 3. The van der Waals surface area contributed by atoms with Gasteiger partial charge in [-0.25, -0.2) is 19.6 Å². The number of rotatable bonds is 8. The molecule has 2 fully saturated rings. The SMILES string of the molecule is CCN1NC(C)C2C1C(=O)N(Cc1ccc(F)cc1)C(=O)N2CC(=O)NCCc1ccccc1. The molecule has 0 radical (unpaired) electrons. The minimum Gasteiger partial charge on any atom is -0.354 e. The molecule has 2 heterocycles. The number of imide groups is 1. The average molecular weight is 468 g/mol. The molecule has 0 aliphatic carbocycles. The number of benzene rings is 2. The standard InChI is InChI=1S/C25H30FN5O3/c1-3-31-23-22(17(2)28-31)29(16-21(32)27-14-13-18-7-5-4-6-8-18)25(34)30(24(23)33)15-19-9-11-20(26)12-10-19/h4-12,17,22-23,28H,3,13-16H2,1-2H3,(H,27,32). The molecule has 2 N–H and O–H groups in total. The van der Waals surface area contributed by atoms with E-state index in [1.54, 1.807) is 12.1 Å². The summed E-state index contributed by atoms with van der Waals surface area (Å²) < 4.78 is 13.3. The second-order valence-corrected chi connectivity index (χ2v) is 8.69. The summed E-state index contributed by atoms with van der Waals surface area (Å²) in [4.78, 5) is 42.3. The molecule has 8 nitrogen and oxygen atoms in total. The van der Waals surface area contributed by atoms with Crippen molar-refractivity contribution in [1.29, 1.82) is 0 Å². The number of halogens is 1. The Labute approximate surface area is 198 Å². The van der Waals surface area contributed by atoms with E-state index in [0.717, 1.165) is 10.5 Å². The van der Waals surface area contributed by atoms with Crippen LogP contribution in [0.4, 0.5) is 9.18 Å². The lowest BCUT2D eigenvalue weighted by atomic mass is 9.97. The van der Waals surface area contributed by atoms with Crippen molar-refractivity contribution in [2.75, 3.05) is 19.6 Å². The van der Waals surface area contributed by atoms with Crippen LogP contribution in [0.2, 0.25) is 0 Å². The Balaban J connectivity index is 1.50. The van der Waals surface area contributed by atoms with Gasteiger partial charge in [-0.15, -0.1) is 0 Å². The van der Waals surface area contributed by atoms with Crippen LogP contribution in [-0.2, 0) is 22.6 Å². The molecule has 3 unspecified atom stereocenters. The maximum Gasteiger partial charge on any atom is 0.327 e. The van der Waals surface area contributed by atoms with E-state index in [4.69, 9.17) is 0 Å². The lowest BCUT2D eigenvalue weighted by Gasteiger charge is -2.43. The quantitative estimate of drug-likeness (QED) is 0.620. The van der Waals surface area contributed by atoms with Crippen LogP contribution >= 0.6 is 0 Å². The molecular formula is C25H30FN5O3. The number of hydrogen-bond donors (Lipinski definition) is 2. The smallest absolute Gasteiger partial charge is 0.327 e. The van der Waals surface area contributed by atoms with Crippen LogP contribution in [0.5, 0.6) is 0 Å². The molecule has 2 aliphatic heterocycles. The molecular weight excluding hydrogens is 437 g/mol. The fourth-order valence-electron chi connectivity index (χ4n) is 4.71. The van der Waals surface area contributed by atoms with Gasteiger partial charge in [0.1, 0.15) is 18.4 Å². The number of hydrogen-bond acceptors (Lipinski definition) is 5. The van der Waals surface area contributed by atoms with Gasteiger partial charge in [0.05, 0.1) is 12.6 Å². The van der Waals surface area contributed by atoms with Gasteiger partial charge in [-0.3, -0.25) is 14.5 Å². The molecule has 9 heteroatoms. The number of amides is 4. The monoisotopic (exact) mass is 467 g/mol. The van der Waals surface area contributed by atoms with Crippen LogP contribution in [0.25, 0.3) is 0 Å². The minimum atomic E-state index is -0.602. The maximum absolute atomic E-state index is 13.5. The number of fused-ring (bicyclic) bond motifs is 1. The van der Waals surface area contributed by atoms with Crippen molar-refractivity contribution >= 4 is 17.8 Å². The second kappa shape index (κ2) is 10.3. The normalized spacial score (nSPS) is 22.7. The summed E-state index contributed by atoms with van der Waals surface area (Å²) in [6, 6.07) is 13.8. The average Bonchev–Trinajstić information content (AvgIpc) is 3.17. The van der Waals surface area contributed by atoms with Crippen molar-refractivity contribution in [1.82, 2.24) is 25.6 Å². The first kappa shape index (κ1) is 23.8. The molecule has 2 aromatic rings. The number of nitrogens with one attached hydrogen (secondary N) is 2. The van der Waals surface area contributed by atoms with Crippen LogP contribution in [0.15, 0.2) is 54.6 Å². The van der Waals surface area contributed by atoms with Crippen molar-refractivity contribution in [2.24, 2.45) is 0 Å². The van der Waals surface area contributed by atoms with E-state index in [1.165, 1.54) is 17.0 Å². The summed E-state index contributed by atoms with van der Waals surface area (Å²) in [7, 11) is 0. The Morgan fingerprint density at radius 2 is 1.76 bits per heavy atom. The Hall–Kier alpha value is -3.30.